The van der Waals surface area contributed by atoms with Gasteiger partial charge in [0.15, 0.2) is 0 Å². The number of benzene rings is 2. The van der Waals surface area contributed by atoms with Crippen LogP contribution < -0.4 is 21.7 Å². The van der Waals surface area contributed by atoms with E-state index in [2.05, 4.69) is 30.8 Å². The van der Waals surface area contributed by atoms with Crippen molar-refractivity contribution < 1.29 is 28.7 Å². The van der Waals surface area contributed by atoms with Gasteiger partial charge in [0.1, 0.15) is 17.8 Å². The highest BCUT2D eigenvalue weighted by atomic mass is 16.5. The van der Waals surface area contributed by atoms with Crippen LogP contribution in [-0.4, -0.2) is 87.3 Å². The summed E-state index contributed by atoms with van der Waals surface area (Å²) in [4.78, 5) is 78.8. The predicted molar refractivity (Wildman–Crippen MR) is 216 cm³/mol. The minimum atomic E-state index is -1.38. The molecule has 0 bridgehead atoms. The van der Waals surface area contributed by atoms with Crippen LogP contribution in [0.1, 0.15) is 85.7 Å². The number of nitrogens with one attached hydrogen (secondary N) is 3. The van der Waals surface area contributed by atoms with Crippen LogP contribution in [0.2, 0.25) is 0 Å². The molecule has 4 aromatic rings. The summed E-state index contributed by atoms with van der Waals surface area (Å²) in [6, 6.07) is 20.5. The molecule has 4 amide bonds. The third-order valence-electron chi connectivity index (χ3n) is 10.8. The van der Waals surface area contributed by atoms with Gasteiger partial charge in [0.25, 0.3) is 5.91 Å². The molecule has 1 saturated carbocycles. The van der Waals surface area contributed by atoms with Crippen molar-refractivity contribution in [2.45, 2.75) is 95.5 Å². The number of nitrogens with zero attached hydrogens (tertiary/aromatic N) is 3. The van der Waals surface area contributed by atoms with Gasteiger partial charge in [-0.2, -0.15) is 0 Å². The minimum Gasteiger partial charge on any atom is -0.455 e. The van der Waals surface area contributed by atoms with Crippen molar-refractivity contribution in [2.75, 3.05) is 13.1 Å². The van der Waals surface area contributed by atoms with Crippen molar-refractivity contribution in [3.63, 3.8) is 0 Å². The number of rotatable bonds is 14. The van der Waals surface area contributed by atoms with E-state index in [1.807, 2.05) is 63.2 Å². The number of primary amides is 1. The highest BCUT2D eigenvalue weighted by molar-refractivity contribution is 5.99. The molecule has 0 spiro atoms. The van der Waals surface area contributed by atoms with E-state index in [9.17, 15) is 24.0 Å². The number of piperidine rings is 1. The maximum Gasteiger partial charge on any atom is 0.340 e. The van der Waals surface area contributed by atoms with E-state index >= 15 is 0 Å². The lowest BCUT2D eigenvalue weighted by atomic mass is 9.72. The average molecular weight is 776 g/mol. The zero-order valence-electron chi connectivity index (χ0n) is 32.9. The number of ether oxygens (including phenoxy) is 1. The van der Waals surface area contributed by atoms with Gasteiger partial charge in [-0.05, 0) is 81.7 Å². The summed E-state index contributed by atoms with van der Waals surface area (Å²) < 4.78 is 6.34. The first kappa shape index (κ1) is 41.0. The predicted octanol–water partition coefficient (Wildman–Crippen LogP) is 4.35. The lowest BCUT2D eigenvalue weighted by Gasteiger charge is -2.47. The van der Waals surface area contributed by atoms with Gasteiger partial charge in [-0.1, -0.05) is 73.9 Å². The Morgan fingerprint density at radius 2 is 1.63 bits per heavy atom. The van der Waals surface area contributed by atoms with Gasteiger partial charge >= 0.3 is 5.97 Å². The third-order valence-corrected chi connectivity index (χ3v) is 10.8. The fourth-order valence-corrected chi connectivity index (χ4v) is 8.06. The van der Waals surface area contributed by atoms with Crippen molar-refractivity contribution in [3.05, 3.63) is 108 Å². The first-order valence-electron chi connectivity index (χ1n) is 19.8. The van der Waals surface area contributed by atoms with Gasteiger partial charge in [-0.15, -0.1) is 0 Å². The van der Waals surface area contributed by atoms with Gasteiger partial charge < -0.3 is 26.4 Å². The highest BCUT2D eigenvalue weighted by Gasteiger charge is 2.43. The van der Waals surface area contributed by atoms with E-state index < -0.39 is 59.9 Å². The van der Waals surface area contributed by atoms with Crippen molar-refractivity contribution in [1.29, 1.82) is 0 Å². The van der Waals surface area contributed by atoms with Crippen LogP contribution in [-0.2, 0) is 25.5 Å². The Morgan fingerprint density at radius 1 is 0.895 bits per heavy atom. The van der Waals surface area contributed by atoms with Gasteiger partial charge in [0, 0.05) is 36.4 Å². The minimum absolute atomic E-state index is 0.0609. The fourth-order valence-electron chi connectivity index (χ4n) is 8.06. The number of likely N-dealkylation sites (tertiary alicyclic amines) is 1. The quantitative estimate of drug-likeness (QED) is 0.135. The maximum absolute atomic E-state index is 14.3. The van der Waals surface area contributed by atoms with Crippen LogP contribution in [0.25, 0.3) is 10.9 Å². The molecule has 6 atom stereocenters. The molecule has 13 heteroatoms. The molecule has 1 aliphatic heterocycles. The van der Waals surface area contributed by atoms with Gasteiger partial charge in [0.05, 0.1) is 29.6 Å². The topological polar surface area (TPSA) is 186 Å². The van der Waals surface area contributed by atoms with Crippen LogP contribution in [0.3, 0.4) is 0 Å². The summed E-state index contributed by atoms with van der Waals surface area (Å²) in [5.74, 6) is -2.13. The Labute approximate surface area is 333 Å². The molecule has 2 aromatic carbocycles. The number of hydrogen-bond donors (Lipinski definition) is 4. The van der Waals surface area contributed by atoms with Crippen molar-refractivity contribution in [3.8, 4) is 0 Å². The number of nitrogens with two attached hydrogens (primary N) is 1. The van der Waals surface area contributed by atoms with Crippen LogP contribution in [0.5, 0.6) is 0 Å². The summed E-state index contributed by atoms with van der Waals surface area (Å²) in [6.45, 7) is 6.59. The van der Waals surface area contributed by atoms with E-state index in [1.165, 1.54) is 6.20 Å². The van der Waals surface area contributed by atoms with Crippen LogP contribution in [0, 0.1) is 11.8 Å². The zero-order valence-corrected chi connectivity index (χ0v) is 32.9. The molecule has 13 nitrogen and oxygen atoms in total. The van der Waals surface area contributed by atoms with Crippen molar-refractivity contribution in [2.24, 2.45) is 17.6 Å². The molecule has 2 aromatic heterocycles. The van der Waals surface area contributed by atoms with Crippen LogP contribution in [0.4, 0.5) is 0 Å². The molecular formula is C44H53N7O6. The molecule has 0 unspecified atom stereocenters. The van der Waals surface area contributed by atoms with Crippen LogP contribution in [0.15, 0.2) is 91.3 Å². The standard InChI is InChI=1S/C44H53N7O6/c1-44(2,3)50-42(55)37-23-30-15-7-8-16-32(30)26-51(37)27-38(57-43(56)31-17-11-21-46-25-31)35(22-28-12-5-4-6-13-28)48-41(54)36(24-39(45)52)49-40(53)34-20-19-29-14-9-10-18-33(29)47-34/h4-6,9-14,17-21,25,30,32,35-38H,7-8,15-16,22-24,26-27H2,1-3H3,(H2,45,52)(H,48,54)(H,49,53)(H,50,55)/t30-,32+,35-,36-,37-,38+/m0/s1. The number of hydrogen-bond acceptors (Lipinski definition) is 9. The second-order valence-electron chi connectivity index (χ2n) is 16.3. The second-order valence-corrected chi connectivity index (χ2v) is 16.3. The number of carbonyl (C=O) groups excluding carboxylic acids is 5. The molecule has 2 aliphatic rings. The number of fused-ring (bicyclic) bond motifs is 2. The SMILES string of the molecule is CC(C)(C)NC(=O)[C@@H]1C[C@@H]2CCCC[C@@H]2CN1C[C@@H](OC(=O)c1cccnc1)[C@H](Cc1ccccc1)NC(=O)[C@H](CC(N)=O)NC(=O)c1ccc2ccccc2n1. The molecule has 6 rings (SSSR count). The lowest BCUT2D eigenvalue weighted by Crippen LogP contribution is -2.61. The molecule has 1 saturated heterocycles. The lowest BCUT2D eigenvalue weighted by molar-refractivity contribution is -0.133. The Hall–Kier alpha value is -5.69. The largest absolute Gasteiger partial charge is 0.455 e. The zero-order chi connectivity index (χ0) is 40.5. The second kappa shape index (κ2) is 18.5. The van der Waals surface area contributed by atoms with Crippen LogP contribution >= 0.6 is 0 Å². The summed E-state index contributed by atoms with van der Waals surface area (Å²) in [7, 11) is 0. The molecular weight excluding hydrogens is 723 g/mol. The van der Waals surface area contributed by atoms with Crippen molar-refractivity contribution >= 4 is 40.5 Å². The Kier molecular flexibility index (Phi) is 13.3. The number of amides is 4. The summed E-state index contributed by atoms with van der Waals surface area (Å²) in [5, 5.41) is 9.72. The number of para-hydroxylation sites is 1. The summed E-state index contributed by atoms with van der Waals surface area (Å²) >= 11 is 0. The summed E-state index contributed by atoms with van der Waals surface area (Å²) in [5.41, 5.74) is 6.87. The van der Waals surface area contributed by atoms with Gasteiger partial charge in [0.2, 0.25) is 17.7 Å². The molecule has 57 heavy (non-hydrogen) atoms. The molecule has 3 heterocycles. The maximum atomic E-state index is 14.3. The molecule has 2 fully saturated rings. The summed E-state index contributed by atoms with van der Waals surface area (Å²) in [6.07, 6.45) is 6.72. The number of carbonyl (C=O) groups is 5. The molecule has 0 radical (unpaired) electrons. The van der Waals surface area contributed by atoms with E-state index in [-0.39, 0.29) is 30.1 Å². The fraction of sp³-hybridized carbons (Fsp3) is 0.432. The molecule has 300 valence electrons. The normalized spacial score (nSPS) is 19.9. The van der Waals surface area contributed by atoms with Gasteiger partial charge in [-0.25, -0.2) is 9.78 Å². The third kappa shape index (κ3) is 11.2. The smallest absolute Gasteiger partial charge is 0.340 e. The molecule has 1 aliphatic carbocycles. The number of aromatic nitrogens is 2. The number of pyridine rings is 2. The number of esters is 1. The van der Waals surface area contributed by atoms with E-state index in [1.54, 1.807) is 42.6 Å². The first-order chi connectivity index (χ1) is 27.3. The van der Waals surface area contributed by atoms with Gasteiger partial charge in [-0.3, -0.25) is 29.1 Å². The Morgan fingerprint density at radius 3 is 2.35 bits per heavy atom. The highest BCUT2D eigenvalue weighted by Crippen LogP contribution is 2.39. The molecule has 5 N–H and O–H groups in total. The average Bonchev–Trinajstić information content (AvgIpc) is 3.19. The first-order valence-corrected chi connectivity index (χ1v) is 19.8. The van der Waals surface area contributed by atoms with Crippen molar-refractivity contribution in [1.82, 2.24) is 30.8 Å². The van der Waals surface area contributed by atoms with E-state index in [4.69, 9.17) is 10.5 Å². The Bertz CT molecular complexity index is 2040. The monoisotopic (exact) mass is 775 g/mol. The Balaban J connectivity index is 1.33. The van der Waals surface area contributed by atoms with E-state index in [0.717, 1.165) is 36.6 Å². The van der Waals surface area contributed by atoms with E-state index in [0.29, 0.717) is 30.3 Å².